The van der Waals surface area contributed by atoms with Crippen LogP contribution in [-0.2, 0) is 12.0 Å². The van der Waals surface area contributed by atoms with Crippen molar-refractivity contribution >= 4 is 28.7 Å². The van der Waals surface area contributed by atoms with E-state index in [-0.39, 0.29) is 16.9 Å². The molecule has 0 atom stereocenters. The fraction of sp³-hybridized carbons (Fsp3) is 0.476. The summed E-state index contributed by atoms with van der Waals surface area (Å²) in [5, 5.41) is 4.57. The quantitative estimate of drug-likeness (QED) is 0.662. The first-order valence-electron chi connectivity index (χ1n) is 9.91. The topological polar surface area (TPSA) is 81.0 Å². The lowest BCUT2D eigenvalue weighted by Crippen LogP contribution is -2.40. The Morgan fingerprint density at radius 1 is 1.10 bits per heavy atom. The van der Waals surface area contributed by atoms with Gasteiger partial charge >= 0.3 is 0 Å². The molecular formula is C21H25N5O2S. The fourth-order valence-electron chi connectivity index (χ4n) is 3.64. The summed E-state index contributed by atoms with van der Waals surface area (Å²) in [4.78, 5) is 27.0. The molecule has 1 aromatic carbocycles. The molecule has 2 aromatic heterocycles. The summed E-state index contributed by atoms with van der Waals surface area (Å²) in [6, 6.07) is 8.90. The zero-order valence-electron chi connectivity index (χ0n) is 17.0. The van der Waals surface area contributed by atoms with Gasteiger partial charge in [-0.05, 0) is 43.0 Å². The summed E-state index contributed by atoms with van der Waals surface area (Å²) in [7, 11) is 0. The van der Waals surface area contributed by atoms with Gasteiger partial charge in [-0.15, -0.1) is 0 Å². The monoisotopic (exact) mass is 411 g/mol. The molecule has 0 radical (unpaired) electrons. The molecule has 29 heavy (non-hydrogen) atoms. The van der Waals surface area contributed by atoms with Crippen LogP contribution in [0.4, 0.5) is 0 Å². The summed E-state index contributed by atoms with van der Waals surface area (Å²) in [6.07, 6.45) is 1.72. The van der Waals surface area contributed by atoms with Crippen molar-refractivity contribution in [1.82, 2.24) is 23.4 Å². The minimum atomic E-state index is -0.0980. The van der Waals surface area contributed by atoms with Crippen molar-refractivity contribution < 1.29 is 4.79 Å². The molecule has 1 aliphatic heterocycles. The maximum Gasteiger partial charge on any atom is 0.266 e. The highest BCUT2D eigenvalue weighted by atomic mass is 32.1. The lowest BCUT2D eigenvalue weighted by molar-refractivity contribution is 0.0680. The predicted molar refractivity (Wildman–Crippen MR) is 113 cm³/mol. The second-order valence-electron chi connectivity index (χ2n) is 8.69. The third-order valence-electron chi connectivity index (χ3n) is 5.47. The summed E-state index contributed by atoms with van der Waals surface area (Å²) in [6.45, 7) is 8.24. The van der Waals surface area contributed by atoms with Crippen molar-refractivity contribution in [1.29, 1.82) is 0 Å². The molecule has 152 valence electrons. The molecule has 0 saturated carbocycles. The van der Waals surface area contributed by atoms with Crippen molar-refractivity contribution in [3.63, 3.8) is 0 Å². The first-order valence-corrected chi connectivity index (χ1v) is 10.6. The SMILES string of the molecule is CC(C)(C)c1ccc(=O)n(CC2CCN(C(=O)c3ccc4nsnc4c3)CC2)n1. The zero-order valence-corrected chi connectivity index (χ0v) is 17.8. The van der Waals surface area contributed by atoms with Crippen LogP contribution in [0.3, 0.4) is 0 Å². The molecule has 1 amide bonds. The predicted octanol–water partition coefficient (Wildman–Crippen LogP) is 3.10. The fourth-order valence-corrected chi connectivity index (χ4v) is 4.16. The van der Waals surface area contributed by atoms with E-state index in [1.165, 1.54) is 0 Å². The number of aromatic nitrogens is 4. The van der Waals surface area contributed by atoms with Crippen LogP contribution in [0.5, 0.6) is 0 Å². The van der Waals surface area contributed by atoms with Gasteiger partial charge in [-0.3, -0.25) is 9.59 Å². The number of carbonyl (C=O) groups excluding carboxylic acids is 1. The number of hydrogen-bond donors (Lipinski definition) is 0. The smallest absolute Gasteiger partial charge is 0.266 e. The van der Waals surface area contributed by atoms with Crippen LogP contribution in [0, 0.1) is 5.92 Å². The minimum Gasteiger partial charge on any atom is -0.339 e. The molecule has 8 heteroatoms. The molecule has 0 N–H and O–H groups in total. The maximum absolute atomic E-state index is 12.9. The number of hydrogen-bond acceptors (Lipinski definition) is 6. The van der Waals surface area contributed by atoms with Gasteiger partial charge in [0.05, 0.1) is 17.4 Å². The number of benzene rings is 1. The van der Waals surface area contributed by atoms with Crippen LogP contribution in [-0.4, -0.2) is 42.4 Å². The Morgan fingerprint density at radius 3 is 2.55 bits per heavy atom. The molecule has 0 bridgehead atoms. The molecular weight excluding hydrogens is 386 g/mol. The van der Waals surface area contributed by atoms with Gasteiger partial charge in [0.25, 0.3) is 11.5 Å². The molecule has 0 spiro atoms. The van der Waals surface area contributed by atoms with E-state index in [0.29, 0.717) is 31.1 Å². The third kappa shape index (κ3) is 4.22. The van der Waals surface area contributed by atoms with Crippen LogP contribution in [0.15, 0.2) is 35.1 Å². The summed E-state index contributed by atoms with van der Waals surface area (Å²) in [5.74, 6) is 0.369. The van der Waals surface area contributed by atoms with Crippen molar-refractivity contribution in [3.8, 4) is 0 Å². The standard InChI is InChI=1S/C21H25N5O2S/c1-21(2,3)18-6-7-19(27)26(22-18)13-14-8-10-25(11-9-14)20(28)15-4-5-16-17(12-15)24-29-23-16/h4-7,12,14H,8-11,13H2,1-3H3. The first-order chi connectivity index (χ1) is 13.8. The Hall–Kier alpha value is -2.61. The summed E-state index contributed by atoms with van der Waals surface area (Å²) in [5.41, 5.74) is 2.98. The molecule has 3 heterocycles. The highest BCUT2D eigenvalue weighted by molar-refractivity contribution is 7.00. The Labute approximate surface area is 173 Å². The lowest BCUT2D eigenvalue weighted by Gasteiger charge is -2.32. The van der Waals surface area contributed by atoms with Crippen molar-refractivity contribution in [2.75, 3.05) is 13.1 Å². The summed E-state index contributed by atoms with van der Waals surface area (Å²) < 4.78 is 9.99. The van der Waals surface area contributed by atoms with Gasteiger partial charge < -0.3 is 4.90 Å². The van der Waals surface area contributed by atoms with Crippen LogP contribution >= 0.6 is 11.7 Å². The van der Waals surface area contributed by atoms with E-state index < -0.39 is 0 Å². The highest BCUT2D eigenvalue weighted by Gasteiger charge is 2.25. The van der Waals surface area contributed by atoms with Gasteiger partial charge in [-0.1, -0.05) is 20.8 Å². The zero-order chi connectivity index (χ0) is 20.6. The largest absolute Gasteiger partial charge is 0.339 e. The second kappa shape index (κ2) is 7.67. The molecule has 1 saturated heterocycles. The van der Waals surface area contributed by atoms with Crippen molar-refractivity contribution in [3.05, 3.63) is 51.9 Å². The Balaban J connectivity index is 1.40. The van der Waals surface area contributed by atoms with Crippen molar-refractivity contribution in [2.45, 2.75) is 45.6 Å². The van der Waals surface area contributed by atoms with Crippen LogP contribution in [0.25, 0.3) is 11.0 Å². The van der Waals surface area contributed by atoms with E-state index in [1.54, 1.807) is 10.7 Å². The average molecular weight is 412 g/mol. The highest BCUT2D eigenvalue weighted by Crippen LogP contribution is 2.23. The average Bonchev–Trinajstić information content (AvgIpc) is 3.16. The molecule has 1 fully saturated rings. The van der Waals surface area contributed by atoms with E-state index in [2.05, 4.69) is 34.6 Å². The number of fused-ring (bicyclic) bond motifs is 1. The van der Waals surface area contributed by atoms with E-state index in [0.717, 1.165) is 41.3 Å². The number of carbonyl (C=O) groups is 1. The number of nitrogens with zero attached hydrogens (tertiary/aromatic N) is 5. The Kier molecular flexibility index (Phi) is 5.21. The van der Waals surface area contributed by atoms with Gasteiger partial charge in [0.15, 0.2) is 0 Å². The number of rotatable bonds is 3. The Bertz CT molecular complexity index is 1090. The maximum atomic E-state index is 12.9. The van der Waals surface area contributed by atoms with Crippen LogP contribution in [0.1, 0.15) is 49.7 Å². The van der Waals surface area contributed by atoms with Crippen LogP contribution in [0.2, 0.25) is 0 Å². The molecule has 3 aromatic rings. The van der Waals surface area contributed by atoms with E-state index >= 15 is 0 Å². The van der Waals surface area contributed by atoms with E-state index in [9.17, 15) is 9.59 Å². The Morgan fingerprint density at radius 2 is 1.83 bits per heavy atom. The van der Waals surface area contributed by atoms with Gasteiger partial charge in [0, 0.05) is 36.7 Å². The van der Waals surface area contributed by atoms with E-state index in [4.69, 9.17) is 0 Å². The van der Waals surface area contributed by atoms with Crippen molar-refractivity contribution in [2.24, 2.45) is 5.92 Å². The number of piperidine rings is 1. The van der Waals surface area contributed by atoms with Gasteiger partial charge in [-0.2, -0.15) is 13.8 Å². The molecule has 1 aliphatic rings. The summed E-state index contributed by atoms with van der Waals surface area (Å²) >= 11 is 1.15. The first kappa shape index (κ1) is 19.7. The molecule has 4 rings (SSSR count). The lowest BCUT2D eigenvalue weighted by atomic mass is 9.92. The van der Waals surface area contributed by atoms with Gasteiger partial charge in [-0.25, -0.2) is 4.68 Å². The number of likely N-dealkylation sites (tertiary alicyclic amines) is 1. The minimum absolute atomic E-state index is 0.0309. The van der Waals surface area contributed by atoms with Gasteiger partial charge in [0.1, 0.15) is 11.0 Å². The molecule has 0 unspecified atom stereocenters. The molecule has 0 aliphatic carbocycles. The number of amides is 1. The second-order valence-corrected chi connectivity index (χ2v) is 9.22. The molecule has 7 nitrogen and oxygen atoms in total. The van der Waals surface area contributed by atoms with Crippen LogP contribution < -0.4 is 5.56 Å². The third-order valence-corrected chi connectivity index (χ3v) is 6.03. The van der Waals surface area contributed by atoms with Gasteiger partial charge in [0.2, 0.25) is 0 Å². The normalized spacial score (nSPS) is 15.8. The van der Waals surface area contributed by atoms with E-state index in [1.807, 2.05) is 29.2 Å².